The number of amides is 3. The van der Waals surface area contributed by atoms with Crippen LogP contribution >= 0.6 is 0 Å². The molecular formula is C14H17N3O2. The number of fused-ring (bicyclic) bond motifs is 1. The van der Waals surface area contributed by atoms with E-state index in [0.717, 1.165) is 12.1 Å². The van der Waals surface area contributed by atoms with Crippen LogP contribution < -0.4 is 10.2 Å². The van der Waals surface area contributed by atoms with Crippen LogP contribution in [0.4, 0.5) is 10.5 Å². The van der Waals surface area contributed by atoms with Gasteiger partial charge in [0.2, 0.25) is 5.91 Å². The van der Waals surface area contributed by atoms with Gasteiger partial charge in [0.15, 0.2) is 0 Å². The molecule has 1 aromatic carbocycles. The molecule has 0 saturated carbocycles. The van der Waals surface area contributed by atoms with Gasteiger partial charge in [-0.25, -0.2) is 4.79 Å². The fraction of sp³-hybridized carbons (Fsp3) is 0.429. The van der Waals surface area contributed by atoms with Gasteiger partial charge in [-0.3, -0.25) is 9.69 Å². The number of hydrogen-bond donors (Lipinski definition) is 1. The van der Waals surface area contributed by atoms with Gasteiger partial charge in [0.1, 0.15) is 0 Å². The number of imide groups is 1. The van der Waals surface area contributed by atoms with Gasteiger partial charge in [-0.15, -0.1) is 0 Å². The molecule has 0 unspecified atom stereocenters. The number of urea groups is 1. The van der Waals surface area contributed by atoms with E-state index in [1.54, 1.807) is 0 Å². The molecule has 100 valence electrons. The molecule has 3 rings (SSSR count). The Balaban J connectivity index is 1.76. The van der Waals surface area contributed by atoms with E-state index in [4.69, 9.17) is 0 Å². The minimum atomic E-state index is -0.273. The molecule has 0 aliphatic carbocycles. The summed E-state index contributed by atoms with van der Waals surface area (Å²) < 4.78 is 0. The van der Waals surface area contributed by atoms with Crippen LogP contribution in [0.1, 0.15) is 12.5 Å². The molecule has 3 amide bonds. The third-order valence-electron chi connectivity index (χ3n) is 3.81. The zero-order valence-corrected chi connectivity index (χ0v) is 10.9. The van der Waals surface area contributed by atoms with Gasteiger partial charge in [0.25, 0.3) is 0 Å². The number of para-hydroxylation sites is 1. The van der Waals surface area contributed by atoms with Crippen LogP contribution in [0, 0.1) is 0 Å². The van der Waals surface area contributed by atoms with Gasteiger partial charge < -0.3 is 10.2 Å². The predicted octanol–water partition coefficient (Wildman–Crippen LogP) is 0.989. The van der Waals surface area contributed by atoms with E-state index in [2.05, 4.69) is 23.2 Å². The van der Waals surface area contributed by atoms with E-state index in [1.165, 1.54) is 10.5 Å². The van der Waals surface area contributed by atoms with Crippen molar-refractivity contribution in [3.8, 4) is 0 Å². The van der Waals surface area contributed by atoms with Crippen LogP contribution in [0.5, 0.6) is 0 Å². The molecule has 0 spiro atoms. The zero-order chi connectivity index (χ0) is 13.4. The van der Waals surface area contributed by atoms with Crippen molar-refractivity contribution in [2.45, 2.75) is 19.4 Å². The summed E-state index contributed by atoms with van der Waals surface area (Å²) in [5.41, 5.74) is 2.39. The maximum absolute atomic E-state index is 12.2. The van der Waals surface area contributed by atoms with Crippen molar-refractivity contribution in [3.63, 3.8) is 0 Å². The van der Waals surface area contributed by atoms with Gasteiger partial charge in [-0.2, -0.15) is 0 Å². The maximum atomic E-state index is 12.2. The van der Waals surface area contributed by atoms with E-state index in [9.17, 15) is 9.59 Å². The molecular weight excluding hydrogens is 242 g/mol. The van der Waals surface area contributed by atoms with Crippen LogP contribution in [0.25, 0.3) is 0 Å². The largest absolute Gasteiger partial charge is 0.359 e. The Labute approximate surface area is 112 Å². The van der Waals surface area contributed by atoms with Crippen LogP contribution in [0.15, 0.2) is 24.3 Å². The molecule has 1 atom stereocenters. The third kappa shape index (κ3) is 2.05. The first-order chi connectivity index (χ1) is 9.16. The van der Waals surface area contributed by atoms with Crippen LogP contribution in [0.2, 0.25) is 0 Å². The highest BCUT2D eigenvalue weighted by atomic mass is 16.2. The summed E-state index contributed by atoms with van der Waals surface area (Å²) in [6, 6.07) is 8.16. The zero-order valence-electron chi connectivity index (χ0n) is 10.9. The van der Waals surface area contributed by atoms with Crippen molar-refractivity contribution in [3.05, 3.63) is 29.8 Å². The summed E-state index contributed by atoms with van der Waals surface area (Å²) in [5.74, 6) is -0.126. The van der Waals surface area contributed by atoms with Crippen molar-refractivity contribution in [2.75, 3.05) is 24.5 Å². The monoisotopic (exact) mass is 259 g/mol. The molecule has 1 fully saturated rings. The third-order valence-corrected chi connectivity index (χ3v) is 3.81. The molecule has 0 bridgehead atoms. The van der Waals surface area contributed by atoms with Crippen LogP contribution in [0.3, 0.4) is 0 Å². The number of anilines is 1. The topological polar surface area (TPSA) is 52.7 Å². The summed E-state index contributed by atoms with van der Waals surface area (Å²) >= 11 is 0. The van der Waals surface area contributed by atoms with E-state index < -0.39 is 0 Å². The first-order valence-electron chi connectivity index (χ1n) is 6.59. The Morgan fingerprint density at radius 1 is 1.42 bits per heavy atom. The molecule has 2 aliphatic heterocycles. The van der Waals surface area contributed by atoms with Crippen molar-refractivity contribution >= 4 is 17.6 Å². The highest BCUT2D eigenvalue weighted by Gasteiger charge is 2.32. The summed E-state index contributed by atoms with van der Waals surface area (Å²) in [5, 5.41) is 2.65. The Bertz CT molecular complexity index is 529. The Hall–Kier alpha value is -2.04. The minimum absolute atomic E-state index is 0.126. The SMILES string of the molecule is C[C@H]1Cc2ccccc2N1CC(=O)N1CCNC1=O. The Morgan fingerprint density at radius 2 is 2.21 bits per heavy atom. The van der Waals surface area contributed by atoms with Crippen molar-refractivity contribution in [1.82, 2.24) is 10.2 Å². The Morgan fingerprint density at radius 3 is 2.95 bits per heavy atom. The molecule has 0 aromatic heterocycles. The predicted molar refractivity (Wildman–Crippen MR) is 72.1 cm³/mol. The van der Waals surface area contributed by atoms with Crippen molar-refractivity contribution in [2.24, 2.45) is 0 Å². The highest BCUT2D eigenvalue weighted by molar-refractivity contribution is 5.98. The average Bonchev–Trinajstić information content (AvgIpc) is 2.94. The van der Waals surface area contributed by atoms with Gasteiger partial charge >= 0.3 is 6.03 Å². The first-order valence-corrected chi connectivity index (χ1v) is 6.59. The number of nitrogens with one attached hydrogen (secondary N) is 1. The lowest BCUT2D eigenvalue weighted by atomic mass is 10.1. The van der Waals surface area contributed by atoms with E-state index in [-0.39, 0.29) is 18.5 Å². The second kappa shape index (κ2) is 4.57. The normalized spacial score (nSPS) is 21.5. The first kappa shape index (κ1) is 12.0. The second-order valence-corrected chi connectivity index (χ2v) is 5.09. The smallest absolute Gasteiger partial charge is 0.324 e. The lowest BCUT2D eigenvalue weighted by molar-refractivity contribution is -0.126. The average molecular weight is 259 g/mol. The van der Waals surface area contributed by atoms with E-state index in [0.29, 0.717) is 19.1 Å². The highest BCUT2D eigenvalue weighted by Crippen LogP contribution is 2.31. The number of nitrogens with zero attached hydrogens (tertiary/aromatic N) is 2. The maximum Gasteiger partial charge on any atom is 0.324 e. The summed E-state index contributed by atoms with van der Waals surface area (Å²) in [4.78, 5) is 27.1. The summed E-state index contributed by atoms with van der Waals surface area (Å²) in [7, 11) is 0. The lowest BCUT2D eigenvalue weighted by Crippen LogP contribution is -2.43. The van der Waals surface area contributed by atoms with Gasteiger partial charge in [0, 0.05) is 24.8 Å². The van der Waals surface area contributed by atoms with Crippen molar-refractivity contribution < 1.29 is 9.59 Å². The second-order valence-electron chi connectivity index (χ2n) is 5.09. The van der Waals surface area contributed by atoms with Gasteiger partial charge in [-0.05, 0) is 25.0 Å². The number of carbonyl (C=O) groups excluding carboxylic acids is 2. The summed E-state index contributed by atoms with van der Waals surface area (Å²) in [6.45, 7) is 3.40. The standard InChI is InChI=1S/C14H17N3O2/c1-10-8-11-4-2-3-5-12(11)17(10)9-13(18)16-7-6-15-14(16)19/h2-5,10H,6-9H2,1H3,(H,15,19)/t10-/m0/s1. The lowest BCUT2D eigenvalue weighted by Gasteiger charge is -2.25. The molecule has 2 heterocycles. The van der Waals surface area contributed by atoms with E-state index >= 15 is 0 Å². The fourth-order valence-electron chi connectivity index (χ4n) is 2.81. The molecule has 19 heavy (non-hydrogen) atoms. The van der Waals surface area contributed by atoms with Crippen molar-refractivity contribution in [1.29, 1.82) is 0 Å². The number of benzene rings is 1. The number of carbonyl (C=O) groups is 2. The molecule has 5 nitrogen and oxygen atoms in total. The molecule has 0 radical (unpaired) electrons. The quantitative estimate of drug-likeness (QED) is 0.861. The molecule has 5 heteroatoms. The van der Waals surface area contributed by atoms with Gasteiger partial charge in [-0.1, -0.05) is 18.2 Å². The molecule has 1 saturated heterocycles. The van der Waals surface area contributed by atoms with E-state index in [1.807, 2.05) is 18.2 Å². The Kier molecular flexibility index (Phi) is 2.89. The van der Waals surface area contributed by atoms with Crippen LogP contribution in [-0.2, 0) is 11.2 Å². The minimum Gasteiger partial charge on any atom is -0.359 e. The number of rotatable bonds is 2. The molecule has 2 aliphatic rings. The van der Waals surface area contributed by atoms with Crippen LogP contribution in [-0.4, -0.2) is 42.5 Å². The molecule has 1 N–H and O–H groups in total. The molecule has 1 aromatic rings. The number of hydrogen-bond acceptors (Lipinski definition) is 3. The van der Waals surface area contributed by atoms with Gasteiger partial charge in [0.05, 0.1) is 6.54 Å². The summed E-state index contributed by atoms with van der Waals surface area (Å²) in [6.07, 6.45) is 0.954. The fourth-order valence-corrected chi connectivity index (χ4v) is 2.81.